The van der Waals surface area contributed by atoms with Crippen molar-refractivity contribution in [1.82, 2.24) is 9.80 Å². The summed E-state index contributed by atoms with van der Waals surface area (Å²) in [6.07, 6.45) is 29.7. The van der Waals surface area contributed by atoms with Gasteiger partial charge in [-0.1, -0.05) is 70.4 Å². The second-order valence-electron chi connectivity index (χ2n) is 12.6. The molecule has 2 heteroatoms. The number of hydrogen-bond donors (Lipinski definition) is 0. The van der Waals surface area contributed by atoms with E-state index in [4.69, 9.17) is 0 Å². The van der Waals surface area contributed by atoms with Gasteiger partial charge in [0, 0.05) is 19.6 Å². The zero-order chi connectivity index (χ0) is 22.7. The molecule has 0 radical (unpaired) electrons. The van der Waals surface area contributed by atoms with Crippen LogP contribution in [0.5, 0.6) is 0 Å². The highest BCUT2D eigenvalue weighted by atomic mass is 15.1. The van der Waals surface area contributed by atoms with Gasteiger partial charge in [-0.05, 0) is 107 Å². The zero-order valence-corrected chi connectivity index (χ0v) is 22.2. The molecule has 0 aromatic carbocycles. The molecule has 0 saturated carbocycles. The fraction of sp³-hybridized carbons (Fsp3) is 0.935. The fourth-order valence-electron chi connectivity index (χ4n) is 7.80. The Morgan fingerprint density at radius 3 is 2.21 bits per heavy atom. The molecule has 5 aliphatic heterocycles. The van der Waals surface area contributed by atoms with Crippen molar-refractivity contribution in [3.63, 3.8) is 0 Å². The van der Waals surface area contributed by atoms with Crippen LogP contribution in [0.25, 0.3) is 0 Å². The van der Waals surface area contributed by atoms with Crippen LogP contribution in [0.1, 0.15) is 116 Å². The molecule has 3 saturated heterocycles. The summed E-state index contributed by atoms with van der Waals surface area (Å²) in [5.74, 6) is 4.80. The molecule has 190 valence electrons. The molecule has 0 amide bonds. The third-order valence-corrected chi connectivity index (χ3v) is 9.84. The highest BCUT2D eigenvalue weighted by Crippen LogP contribution is 2.40. The van der Waals surface area contributed by atoms with E-state index in [1.165, 1.54) is 148 Å². The van der Waals surface area contributed by atoms with E-state index in [9.17, 15) is 0 Å². The molecule has 33 heavy (non-hydrogen) atoms. The Kier molecular flexibility index (Phi) is 11.1. The van der Waals surface area contributed by atoms with Gasteiger partial charge in [0.15, 0.2) is 0 Å². The Labute approximate surface area is 206 Å². The van der Waals surface area contributed by atoms with Gasteiger partial charge in [0.1, 0.15) is 0 Å². The average Bonchev–Trinajstić information content (AvgIpc) is 2.82. The van der Waals surface area contributed by atoms with E-state index in [0.717, 1.165) is 29.6 Å². The second-order valence-corrected chi connectivity index (χ2v) is 12.6. The number of rotatable bonds is 0. The molecule has 5 aliphatic rings. The highest BCUT2D eigenvalue weighted by Gasteiger charge is 2.38. The average molecular weight is 457 g/mol. The van der Waals surface area contributed by atoms with E-state index in [1.807, 2.05) is 0 Å². The SMILES string of the molecule is C[C@H]1CCCCCCC[C@@H]2CN3CCCCCC/C=C\CC[C@H]4C[C@H](CN(CC1)C4)[C@H]2CC3. The number of hydrogen-bond acceptors (Lipinski definition) is 2. The lowest BCUT2D eigenvalue weighted by Gasteiger charge is -2.47. The molecular weight excluding hydrogens is 400 g/mol. The number of nitrogens with zero attached hydrogens (tertiary/aromatic N) is 2. The minimum atomic E-state index is 0.919. The number of fused-ring (bicyclic) bond motifs is 10. The molecule has 7 atom stereocenters. The maximum atomic E-state index is 2.94. The Hall–Kier alpha value is -0.340. The van der Waals surface area contributed by atoms with Crippen molar-refractivity contribution in [3.05, 3.63) is 12.2 Å². The van der Waals surface area contributed by atoms with E-state index in [2.05, 4.69) is 28.9 Å². The zero-order valence-electron chi connectivity index (χ0n) is 22.2. The van der Waals surface area contributed by atoms with Gasteiger partial charge in [0.25, 0.3) is 0 Å². The highest BCUT2D eigenvalue weighted by molar-refractivity contribution is 4.92. The molecule has 5 rings (SSSR count). The van der Waals surface area contributed by atoms with Crippen LogP contribution in [0.3, 0.4) is 0 Å². The minimum Gasteiger partial charge on any atom is -0.303 e. The normalized spacial score (nSPS) is 41.7. The van der Waals surface area contributed by atoms with Gasteiger partial charge in [-0.15, -0.1) is 0 Å². The van der Waals surface area contributed by atoms with Crippen molar-refractivity contribution in [2.24, 2.45) is 29.6 Å². The Balaban J connectivity index is 1.49. The van der Waals surface area contributed by atoms with Crippen LogP contribution in [-0.2, 0) is 0 Å². The first-order valence-electron chi connectivity index (χ1n) is 15.4. The van der Waals surface area contributed by atoms with Gasteiger partial charge in [-0.2, -0.15) is 0 Å². The third kappa shape index (κ3) is 8.68. The van der Waals surface area contributed by atoms with Crippen LogP contribution >= 0.6 is 0 Å². The van der Waals surface area contributed by atoms with Crippen molar-refractivity contribution >= 4 is 0 Å². The van der Waals surface area contributed by atoms with Crippen LogP contribution in [0.15, 0.2) is 12.2 Å². The summed E-state index contributed by atoms with van der Waals surface area (Å²) >= 11 is 0. The van der Waals surface area contributed by atoms with Crippen LogP contribution in [0.4, 0.5) is 0 Å². The van der Waals surface area contributed by atoms with Crippen LogP contribution in [0.2, 0.25) is 0 Å². The summed E-state index contributed by atoms with van der Waals surface area (Å²) in [6, 6.07) is 0. The van der Waals surface area contributed by atoms with E-state index in [-0.39, 0.29) is 0 Å². The summed E-state index contributed by atoms with van der Waals surface area (Å²) in [5.41, 5.74) is 0. The standard InChI is InChI=1S/C31H56N2/c1-27-15-11-7-6-9-13-17-29-25-32-20-14-10-5-3-2-4-8-12-16-28-23-30(31(29)19-22-32)26-33(24-28)21-18-27/h4,8,27-31H,2-3,5-7,9-26H2,1H3/b8-4-/t27-,28-,29+,30+,31-/m0/s1. The molecule has 0 N–H and O–H groups in total. The molecule has 5 heterocycles. The summed E-state index contributed by atoms with van der Waals surface area (Å²) in [6.45, 7) is 10.9. The lowest BCUT2D eigenvalue weighted by molar-refractivity contribution is 0.0182. The number of piperidine rings is 2. The first kappa shape index (κ1) is 25.7. The predicted octanol–water partition coefficient (Wildman–Crippen LogP) is 7.93. The van der Waals surface area contributed by atoms with Crippen molar-refractivity contribution in [2.45, 2.75) is 116 Å². The third-order valence-electron chi connectivity index (χ3n) is 9.84. The van der Waals surface area contributed by atoms with Gasteiger partial charge < -0.3 is 9.80 Å². The predicted molar refractivity (Wildman–Crippen MR) is 144 cm³/mol. The van der Waals surface area contributed by atoms with Gasteiger partial charge in [-0.3, -0.25) is 0 Å². The molecule has 6 bridgehead atoms. The molecule has 2 unspecified atom stereocenters. The van der Waals surface area contributed by atoms with E-state index >= 15 is 0 Å². The monoisotopic (exact) mass is 456 g/mol. The van der Waals surface area contributed by atoms with Gasteiger partial charge >= 0.3 is 0 Å². The summed E-state index contributed by atoms with van der Waals surface area (Å²) in [5, 5.41) is 0. The Bertz CT molecular complexity index is 557. The second kappa shape index (κ2) is 14.3. The van der Waals surface area contributed by atoms with Gasteiger partial charge in [0.2, 0.25) is 0 Å². The summed E-state index contributed by atoms with van der Waals surface area (Å²) < 4.78 is 0. The number of allylic oxidation sites excluding steroid dienone is 2. The molecule has 0 aromatic rings. The lowest BCUT2D eigenvalue weighted by atomic mass is 9.69. The maximum absolute atomic E-state index is 2.94. The largest absolute Gasteiger partial charge is 0.303 e. The quantitative estimate of drug-likeness (QED) is 0.341. The molecule has 3 fully saturated rings. The topological polar surface area (TPSA) is 6.48 Å². The minimum absolute atomic E-state index is 0.919. The van der Waals surface area contributed by atoms with Gasteiger partial charge in [0.05, 0.1) is 0 Å². The smallest absolute Gasteiger partial charge is 0.00127 e. The molecule has 0 spiro atoms. The van der Waals surface area contributed by atoms with E-state index < -0.39 is 0 Å². The first-order valence-corrected chi connectivity index (χ1v) is 15.4. The van der Waals surface area contributed by atoms with Gasteiger partial charge in [-0.25, -0.2) is 0 Å². The molecular formula is C31H56N2. The van der Waals surface area contributed by atoms with E-state index in [1.54, 1.807) is 0 Å². The molecule has 2 nitrogen and oxygen atoms in total. The molecule has 0 aromatic heterocycles. The maximum Gasteiger partial charge on any atom is 0.00127 e. The van der Waals surface area contributed by atoms with Crippen molar-refractivity contribution < 1.29 is 0 Å². The first-order chi connectivity index (χ1) is 16.3. The van der Waals surface area contributed by atoms with E-state index in [0.29, 0.717) is 0 Å². The molecule has 0 aliphatic carbocycles. The van der Waals surface area contributed by atoms with Crippen molar-refractivity contribution in [1.29, 1.82) is 0 Å². The lowest BCUT2D eigenvalue weighted by Crippen LogP contribution is -2.49. The van der Waals surface area contributed by atoms with Crippen molar-refractivity contribution in [3.8, 4) is 0 Å². The fourth-order valence-corrected chi connectivity index (χ4v) is 7.80. The summed E-state index contributed by atoms with van der Waals surface area (Å²) in [7, 11) is 0. The van der Waals surface area contributed by atoms with Crippen LogP contribution in [-0.4, -0.2) is 49.1 Å². The van der Waals surface area contributed by atoms with Crippen molar-refractivity contribution in [2.75, 3.05) is 39.3 Å². The van der Waals surface area contributed by atoms with Crippen LogP contribution < -0.4 is 0 Å². The Morgan fingerprint density at radius 1 is 0.545 bits per heavy atom. The summed E-state index contributed by atoms with van der Waals surface area (Å²) in [4.78, 5) is 5.82. The Morgan fingerprint density at radius 2 is 1.27 bits per heavy atom. The van der Waals surface area contributed by atoms with Crippen LogP contribution in [0, 0.1) is 29.6 Å².